The van der Waals surface area contributed by atoms with Crippen molar-refractivity contribution < 1.29 is 5.11 Å². The Morgan fingerprint density at radius 3 is 2.45 bits per heavy atom. The summed E-state index contributed by atoms with van der Waals surface area (Å²) in [7, 11) is 0. The average Bonchev–Trinajstić information content (AvgIpc) is 3.00. The molecule has 1 aromatic rings. The second kappa shape index (κ2) is 6.19. The van der Waals surface area contributed by atoms with Gasteiger partial charge in [-0.1, -0.05) is 13.8 Å². The Bertz CT molecular complexity index is 1010. The van der Waals surface area contributed by atoms with Gasteiger partial charge < -0.3 is 10.1 Å². The van der Waals surface area contributed by atoms with E-state index in [4.69, 9.17) is 0 Å². The lowest BCUT2D eigenvalue weighted by molar-refractivity contribution is -0.111. The van der Waals surface area contributed by atoms with Crippen LogP contribution >= 0.6 is 0 Å². The van der Waals surface area contributed by atoms with Crippen molar-refractivity contribution in [2.75, 3.05) is 0 Å². The number of hydrogen-bond acceptors (Lipinski definition) is 4. The first-order valence-electron chi connectivity index (χ1n) is 11.1. The first-order chi connectivity index (χ1) is 13.8. The molecule has 1 heterocycles. The number of H-pyrrole nitrogens is 1. The Morgan fingerprint density at radius 1 is 1.00 bits per heavy atom. The van der Waals surface area contributed by atoms with Crippen LogP contribution in [0.1, 0.15) is 74.8 Å². The smallest absolute Gasteiger partial charge is 0.267 e. The van der Waals surface area contributed by atoms with E-state index in [0.717, 1.165) is 56.2 Å². The summed E-state index contributed by atoms with van der Waals surface area (Å²) in [5.74, 6) is 2.32. The Labute approximate surface area is 171 Å². The van der Waals surface area contributed by atoms with Crippen LogP contribution in [0.5, 0.6) is 0 Å². The highest BCUT2D eigenvalue weighted by Crippen LogP contribution is 2.65. The minimum atomic E-state index is -0.423. The van der Waals surface area contributed by atoms with Crippen molar-refractivity contribution in [1.82, 2.24) is 4.98 Å². The number of nitrogens with zero attached hydrogens (tertiary/aromatic N) is 2. The Balaban J connectivity index is 1.57. The minimum Gasteiger partial charge on any atom is -0.393 e. The Kier molecular flexibility index (Phi) is 4.03. The maximum Gasteiger partial charge on any atom is 0.267 e. The molecule has 5 nitrogen and oxygen atoms in total. The number of aliphatic hydroxyl groups excluding tert-OH is 1. The Morgan fingerprint density at radius 2 is 1.72 bits per heavy atom. The normalized spacial score (nSPS) is 42.6. The number of nitriles is 2. The second-order valence-electron chi connectivity index (χ2n) is 10.6. The van der Waals surface area contributed by atoms with Crippen molar-refractivity contribution in [1.29, 1.82) is 10.5 Å². The molecule has 2 N–H and O–H groups in total. The lowest BCUT2D eigenvalue weighted by atomic mass is 9.45. The number of aromatic amines is 1. The van der Waals surface area contributed by atoms with Crippen LogP contribution in [0.3, 0.4) is 0 Å². The van der Waals surface area contributed by atoms with Gasteiger partial charge in [0.2, 0.25) is 0 Å². The fourth-order valence-corrected chi connectivity index (χ4v) is 8.04. The van der Waals surface area contributed by atoms with Gasteiger partial charge in [0.25, 0.3) is 5.56 Å². The van der Waals surface area contributed by atoms with Gasteiger partial charge in [-0.25, -0.2) is 0 Å². The number of rotatable bonds is 0. The number of pyridine rings is 1. The fraction of sp³-hybridized carbons (Fsp3) is 0.708. The highest BCUT2D eigenvalue weighted by molar-refractivity contribution is 5.52. The van der Waals surface area contributed by atoms with Gasteiger partial charge in [-0.05, 0) is 91.4 Å². The van der Waals surface area contributed by atoms with Gasteiger partial charge >= 0.3 is 0 Å². The molecule has 7 atom stereocenters. The van der Waals surface area contributed by atoms with Gasteiger partial charge in [0.15, 0.2) is 0 Å². The topological polar surface area (TPSA) is 101 Å². The molecule has 152 valence electrons. The molecular weight excluding hydrogens is 362 g/mol. The number of nitrogens with one attached hydrogen (secondary N) is 1. The molecule has 3 saturated carbocycles. The molecule has 0 aliphatic heterocycles. The average molecular weight is 392 g/mol. The zero-order chi connectivity index (χ0) is 20.6. The minimum absolute atomic E-state index is 0.0317. The summed E-state index contributed by atoms with van der Waals surface area (Å²) in [4.78, 5) is 15.2. The second-order valence-corrected chi connectivity index (χ2v) is 10.6. The molecule has 0 radical (unpaired) electrons. The van der Waals surface area contributed by atoms with Crippen LogP contribution in [0.15, 0.2) is 4.79 Å². The van der Waals surface area contributed by atoms with Crippen LogP contribution in [0.2, 0.25) is 0 Å². The van der Waals surface area contributed by atoms with Crippen LogP contribution in [-0.4, -0.2) is 16.2 Å². The van der Waals surface area contributed by atoms with Crippen molar-refractivity contribution in [3.63, 3.8) is 0 Å². The maximum atomic E-state index is 12.3. The highest BCUT2D eigenvalue weighted by atomic mass is 16.3. The molecule has 0 bridgehead atoms. The van der Waals surface area contributed by atoms with E-state index in [0.29, 0.717) is 29.2 Å². The molecule has 29 heavy (non-hydrogen) atoms. The van der Waals surface area contributed by atoms with Crippen molar-refractivity contribution in [2.24, 2.45) is 34.5 Å². The fourth-order valence-electron chi connectivity index (χ4n) is 8.04. The molecule has 5 heteroatoms. The summed E-state index contributed by atoms with van der Waals surface area (Å²) in [5, 5.41) is 29.8. The molecule has 3 fully saturated rings. The maximum absolute atomic E-state index is 12.3. The largest absolute Gasteiger partial charge is 0.393 e. The molecule has 4 aliphatic carbocycles. The van der Waals surface area contributed by atoms with Gasteiger partial charge in [0.05, 0.1) is 11.7 Å². The number of aliphatic hydroxyl groups is 1. The molecule has 0 unspecified atom stereocenters. The van der Waals surface area contributed by atoms with E-state index in [9.17, 15) is 20.4 Å². The quantitative estimate of drug-likeness (QED) is 0.707. The third-order valence-electron chi connectivity index (χ3n) is 9.65. The van der Waals surface area contributed by atoms with Crippen LogP contribution in [-0.2, 0) is 12.8 Å². The van der Waals surface area contributed by atoms with Gasteiger partial charge in [0, 0.05) is 5.69 Å². The van der Waals surface area contributed by atoms with Gasteiger partial charge in [-0.3, -0.25) is 4.79 Å². The number of hydrogen-bond donors (Lipinski definition) is 2. The van der Waals surface area contributed by atoms with E-state index in [1.165, 1.54) is 6.42 Å². The molecule has 0 aromatic carbocycles. The molecule has 0 saturated heterocycles. The lowest BCUT2D eigenvalue weighted by Crippen LogP contribution is -2.55. The third-order valence-corrected chi connectivity index (χ3v) is 9.65. The van der Waals surface area contributed by atoms with E-state index < -0.39 is 5.56 Å². The summed E-state index contributed by atoms with van der Waals surface area (Å²) in [6.07, 6.45) is 8.03. The lowest BCUT2D eigenvalue weighted by Gasteiger charge is -2.60. The van der Waals surface area contributed by atoms with E-state index in [-0.39, 0.29) is 22.5 Å². The monoisotopic (exact) mass is 391 g/mol. The molecule has 4 aliphatic rings. The number of fused-ring (bicyclic) bond motifs is 6. The summed E-state index contributed by atoms with van der Waals surface area (Å²) in [6, 6.07) is 4.13. The third kappa shape index (κ3) is 2.37. The van der Waals surface area contributed by atoms with Crippen LogP contribution in [0.25, 0.3) is 0 Å². The van der Waals surface area contributed by atoms with E-state index >= 15 is 0 Å². The van der Waals surface area contributed by atoms with Crippen molar-refractivity contribution in [2.45, 2.75) is 71.3 Å². The molecule has 1 aromatic heterocycles. The van der Waals surface area contributed by atoms with Crippen molar-refractivity contribution >= 4 is 0 Å². The van der Waals surface area contributed by atoms with E-state index in [1.54, 1.807) is 0 Å². The van der Waals surface area contributed by atoms with Crippen LogP contribution in [0.4, 0.5) is 0 Å². The van der Waals surface area contributed by atoms with Gasteiger partial charge in [-0.15, -0.1) is 0 Å². The van der Waals surface area contributed by atoms with Crippen LogP contribution in [0, 0.1) is 57.2 Å². The highest BCUT2D eigenvalue weighted by Gasteiger charge is 2.60. The van der Waals surface area contributed by atoms with E-state index in [1.807, 2.05) is 6.07 Å². The molecule has 5 rings (SSSR count). The predicted octanol–water partition coefficient (Wildman–Crippen LogP) is 3.44. The Hall–Kier alpha value is -2.11. The standard InChI is InChI=1S/C24H29N3O2/c1-23-8-7-19-14(18(23)5-6-21(23)28)4-3-13-9-20-15(10-24(13,19)2)16(11-25)17(12-26)22(29)27-20/h13-14,18-19,21,28H,3-10H2,1-2H3,(H,27,29)/t13-,14+,18-,19+,21-,23+,24-/m0/s1. The van der Waals surface area contributed by atoms with Gasteiger partial charge in [-0.2, -0.15) is 10.5 Å². The number of aromatic nitrogens is 1. The SMILES string of the molecule is C[C@]12Cc3c([nH]c(=O)c(C#N)c3C#N)C[C@@H]1CC[C@H]1[C@H]2CC[C@@]2(C)[C@@H](O)CC[C@@H]12. The molecule has 0 spiro atoms. The van der Waals surface area contributed by atoms with E-state index in [2.05, 4.69) is 24.9 Å². The summed E-state index contributed by atoms with van der Waals surface area (Å²) >= 11 is 0. The summed E-state index contributed by atoms with van der Waals surface area (Å²) in [6.45, 7) is 4.69. The van der Waals surface area contributed by atoms with Crippen molar-refractivity contribution in [3.05, 3.63) is 32.7 Å². The predicted molar refractivity (Wildman–Crippen MR) is 108 cm³/mol. The van der Waals surface area contributed by atoms with Gasteiger partial charge in [0.1, 0.15) is 17.7 Å². The van der Waals surface area contributed by atoms with Crippen molar-refractivity contribution in [3.8, 4) is 12.1 Å². The first kappa shape index (κ1) is 18.9. The zero-order valence-electron chi connectivity index (χ0n) is 17.3. The first-order valence-corrected chi connectivity index (χ1v) is 11.1. The molecule has 0 amide bonds. The zero-order valence-corrected chi connectivity index (χ0v) is 17.3. The molecular formula is C24H29N3O2. The van der Waals surface area contributed by atoms with Crippen LogP contribution < -0.4 is 5.56 Å². The summed E-state index contributed by atoms with van der Waals surface area (Å²) < 4.78 is 0. The summed E-state index contributed by atoms with van der Waals surface area (Å²) in [5.41, 5.74) is 1.77.